The van der Waals surface area contributed by atoms with Crippen molar-refractivity contribution in [3.63, 3.8) is 0 Å². The highest BCUT2D eigenvalue weighted by Gasteiger charge is 2.21. The molecule has 3 rings (SSSR count). The van der Waals surface area contributed by atoms with E-state index in [9.17, 15) is 0 Å². The van der Waals surface area contributed by atoms with Crippen molar-refractivity contribution in [2.45, 2.75) is 51.5 Å². The van der Waals surface area contributed by atoms with Crippen molar-refractivity contribution in [2.75, 3.05) is 24.5 Å². The summed E-state index contributed by atoms with van der Waals surface area (Å²) in [4.78, 5) is 2.61. The van der Waals surface area contributed by atoms with E-state index >= 15 is 0 Å². The smallest absolute Gasteiger partial charge is 0.0414 e. The molecule has 0 spiro atoms. The van der Waals surface area contributed by atoms with Gasteiger partial charge in [-0.25, -0.2) is 0 Å². The second kappa shape index (κ2) is 5.96. The summed E-state index contributed by atoms with van der Waals surface area (Å²) in [6.45, 7) is 5.87. The van der Waals surface area contributed by atoms with Gasteiger partial charge >= 0.3 is 0 Å². The number of nitrogens with one attached hydrogen (secondary N) is 1. The lowest BCUT2D eigenvalue weighted by atomic mass is 9.93. The highest BCUT2D eigenvalue weighted by Crippen LogP contribution is 2.33. The van der Waals surface area contributed by atoms with Crippen molar-refractivity contribution in [1.82, 2.24) is 5.32 Å². The molecule has 19 heavy (non-hydrogen) atoms. The molecule has 0 aromatic heterocycles. The van der Waals surface area contributed by atoms with E-state index in [-0.39, 0.29) is 0 Å². The summed E-state index contributed by atoms with van der Waals surface area (Å²) < 4.78 is 0. The van der Waals surface area contributed by atoms with E-state index in [2.05, 4.69) is 35.3 Å². The van der Waals surface area contributed by atoms with Gasteiger partial charge in [-0.2, -0.15) is 0 Å². The first kappa shape index (κ1) is 13.0. The highest BCUT2D eigenvalue weighted by molar-refractivity contribution is 5.56. The van der Waals surface area contributed by atoms with Crippen LogP contribution >= 0.6 is 0 Å². The van der Waals surface area contributed by atoms with Crippen LogP contribution in [0.2, 0.25) is 0 Å². The molecule has 1 N–H and O–H groups in total. The van der Waals surface area contributed by atoms with Crippen LogP contribution in [0.1, 0.15) is 55.7 Å². The molecule has 104 valence electrons. The lowest BCUT2D eigenvalue weighted by molar-refractivity contribution is 0.411. The Labute approximate surface area is 117 Å². The van der Waals surface area contributed by atoms with Crippen LogP contribution in [0.5, 0.6) is 0 Å². The van der Waals surface area contributed by atoms with Gasteiger partial charge in [0.25, 0.3) is 0 Å². The first-order chi connectivity index (χ1) is 9.34. The zero-order valence-electron chi connectivity index (χ0n) is 12.1. The minimum Gasteiger partial charge on any atom is -0.371 e. The second-order valence-corrected chi connectivity index (χ2v) is 6.11. The molecule has 0 saturated carbocycles. The molecule has 2 aliphatic rings. The molecule has 2 nitrogen and oxygen atoms in total. The van der Waals surface area contributed by atoms with Crippen molar-refractivity contribution < 1.29 is 0 Å². The molecule has 2 fully saturated rings. The number of anilines is 1. The summed E-state index contributed by atoms with van der Waals surface area (Å²) in [5.74, 6) is 0. The number of piperidine rings is 2. The number of rotatable bonds is 2. The molecule has 2 heteroatoms. The van der Waals surface area contributed by atoms with Crippen LogP contribution in [0.4, 0.5) is 5.69 Å². The molecular formula is C17H26N2. The summed E-state index contributed by atoms with van der Waals surface area (Å²) >= 11 is 0. The van der Waals surface area contributed by atoms with Gasteiger partial charge in [0, 0.05) is 24.8 Å². The maximum absolute atomic E-state index is 3.72. The molecule has 1 aromatic carbocycles. The van der Waals surface area contributed by atoms with Gasteiger partial charge in [-0.3, -0.25) is 0 Å². The summed E-state index contributed by atoms with van der Waals surface area (Å²) in [5.41, 5.74) is 4.43. The van der Waals surface area contributed by atoms with Crippen LogP contribution in [0.15, 0.2) is 18.2 Å². The van der Waals surface area contributed by atoms with E-state index in [1.54, 1.807) is 5.56 Å². The molecule has 0 amide bonds. The van der Waals surface area contributed by atoms with Crippen molar-refractivity contribution in [2.24, 2.45) is 0 Å². The third-order valence-electron chi connectivity index (χ3n) is 4.57. The summed E-state index contributed by atoms with van der Waals surface area (Å²) in [6, 6.07) is 7.61. The highest BCUT2D eigenvalue weighted by atomic mass is 15.1. The number of benzene rings is 1. The number of hydrogen-bond acceptors (Lipinski definition) is 2. The van der Waals surface area contributed by atoms with E-state index in [1.807, 2.05) is 0 Å². The fraction of sp³-hybridized carbons (Fsp3) is 0.647. The van der Waals surface area contributed by atoms with Crippen molar-refractivity contribution in [3.8, 4) is 0 Å². The van der Waals surface area contributed by atoms with Crippen molar-refractivity contribution in [3.05, 3.63) is 29.3 Å². The molecule has 2 aliphatic heterocycles. The molecule has 2 saturated heterocycles. The SMILES string of the molecule is Cc1ccc(N2CCCCC2)c(C2CCCCN2)c1. The van der Waals surface area contributed by atoms with Crippen LogP contribution in [0, 0.1) is 6.92 Å². The molecular weight excluding hydrogens is 232 g/mol. The predicted molar refractivity (Wildman–Crippen MR) is 81.8 cm³/mol. The lowest BCUT2D eigenvalue weighted by Gasteiger charge is -2.34. The van der Waals surface area contributed by atoms with Gasteiger partial charge in [0.1, 0.15) is 0 Å². The van der Waals surface area contributed by atoms with Crippen LogP contribution < -0.4 is 10.2 Å². The average molecular weight is 258 g/mol. The Kier molecular flexibility index (Phi) is 4.07. The molecule has 1 unspecified atom stereocenters. The quantitative estimate of drug-likeness (QED) is 0.868. The Balaban J connectivity index is 1.88. The first-order valence-corrected chi connectivity index (χ1v) is 7.93. The van der Waals surface area contributed by atoms with E-state index < -0.39 is 0 Å². The minimum absolute atomic E-state index is 0.575. The third kappa shape index (κ3) is 2.94. The molecule has 0 bridgehead atoms. The normalized spacial score (nSPS) is 24.5. The van der Waals surface area contributed by atoms with Crippen molar-refractivity contribution in [1.29, 1.82) is 0 Å². The zero-order chi connectivity index (χ0) is 13.1. The standard InChI is InChI=1S/C17H26N2/c1-14-8-9-17(19-11-5-2-6-12-19)15(13-14)16-7-3-4-10-18-16/h8-9,13,16,18H,2-7,10-12H2,1H3. The Morgan fingerprint density at radius 1 is 1.05 bits per heavy atom. The summed E-state index contributed by atoms with van der Waals surface area (Å²) in [5, 5.41) is 3.72. The van der Waals surface area contributed by atoms with Crippen LogP contribution in [-0.2, 0) is 0 Å². The minimum atomic E-state index is 0.575. The fourth-order valence-corrected chi connectivity index (χ4v) is 3.49. The number of nitrogens with zero attached hydrogens (tertiary/aromatic N) is 1. The van der Waals surface area contributed by atoms with E-state index in [0.717, 1.165) is 0 Å². The van der Waals surface area contributed by atoms with E-state index in [0.29, 0.717) is 6.04 Å². The molecule has 0 aliphatic carbocycles. The summed E-state index contributed by atoms with van der Waals surface area (Å²) in [6.07, 6.45) is 8.10. The molecule has 2 heterocycles. The Morgan fingerprint density at radius 3 is 2.63 bits per heavy atom. The predicted octanol–water partition coefficient (Wildman–Crippen LogP) is 3.80. The van der Waals surface area contributed by atoms with Crippen molar-refractivity contribution >= 4 is 5.69 Å². The average Bonchev–Trinajstić information content (AvgIpc) is 2.49. The van der Waals surface area contributed by atoms with Gasteiger partial charge in [-0.1, -0.05) is 24.1 Å². The van der Waals surface area contributed by atoms with Crippen LogP contribution in [-0.4, -0.2) is 19.6 Å². The third-order valence-corrected chi connectivity index (χ3v) is 4.57. The summed E-state index contributed by atoms with van der Waals surface area (Å²) in [7, 11) is 0. The molecule has 1 aromatic rings. The first-order valence-electron chi connectivity index (χ1n) is 7.93. The fourth-order valence-electron chi connectivity index (χ4n) is 3.49. The largest absolute Gasteiger partial charge is 0.371 e. The van der Waals surface area contributed by atoms with E-state index in [1.165, 1.54) is 69.4 Å². The number of hydrogen-bond donors (Lipinski definition) is 1. The molecule has 0 radical (unpaired) electrons. The monoisotopic (exact) mass is 258 g/mol. The van der Waals surface area contributed by atoms with Gasteiger partial charge in [-0.05, 0) is 57.2 Å². The van der Waals surface area contributed by atoms with E-state index in [4.69, 9.17) is 0 Å². The zero-order valence-corrected chi connectivity index (χ0v) is 12.1. The lowest BCUT2D eigenvalue weighted by Crippen LogP contribution is -2.33. The Bertz CT molecular complexity index is 415. The Hall–Kier alpha value is -1.02. The van der Waals surface area contributed by atoms with Gasteiger partial charge in [0.15, 0.2) is 0 Å². The molecule has 1 atom stereocenters. The van der Waals surface area contributed by atoms with Gasteiger partial charge in [0.05, 0.1) is 0 Å². The Morgan fingerprint density at radius 2 is 1.89 bits per heavy atom. The number of aryl methyl sites for hydroxylation is 1. The van der Waals surface area contributed by atoms with Crippen LogP contribution in [0.25, 0.3) is 0 Å². The maximum Gasteiger partial charge on any atom is 0.0414 e. The second-order valence-electron chi connectivity index (χ2n) is 6.11. The van der Waals surface area contributed by atoms with Crippen LogP contribution in [0.3, 0.4) is 0 Å². The van der Waals surface area contributed by atoms with Gasteiger partial charge < -0.3 is 10.2 Å². The van der Waals surface area contributed by atoms with Gasteiger partial charge in [-0.15, -0.1) is 0 Å². The maximum atomic E-state index is 3.72. The van der Waals surface area contributed by atoms with Gasteiger partial charge in [0.2, 0.25) is 0 Å². The topological polar surface area (TPSA) is 15.3 Å².